The molecule has 5 nitrogen and oxygen atoms in total. The third kappa shape index (κ3) is 2.28. The molecule has 0 saturated carbocycles. The molecule has 1 amide bonds. The van der Waals surface area contributed by atoms with Crippen molar-refractivity contribution in [3.63, 3.8) is 0 Å². The molecule has 112 valence electrons. The molecule has 0 unspecified atom stereocenters. The summed E-state index contributed by atoms with van der Waals surface area (Å²) < 4.78 is 10.7. The molecule has 0 fully saturated rings. The zero-order chi connectivity index (χ0) is 14.9. The average molecular weight is 296 g/mol. The Bertz CT molecular complexity index is 818. The summed E-state index contributed by atoms with van der Waals surface area (Å²) in [6.45, 7) is 0. The van der Waals surface area contributed by atoms with Gasteiger partial charge in [0.25, 0.3) is 0 Å². The Kier molecular flexibility index (Phi) is 3.18. The van der Waals surface area contributed by atoms with Gasteiger partial charge in [-0.1, -0.05) is 17.3 Å². The summed E-state index contributed by atoms with van der Waals surface area (Å²) in [7, 11) is 0. The van der Waals surface area contributed by atoms with Crippen LogP contribution in [0.4, 0.5) is 0 Å². The number of amides is 1. The lowest BCUT2D eigenvalue weighted by atomic mass is 9.93. The van der Waals surface area contributed by atoms with Crippen molar-refractivity contribution in [1.29, 1.82) is 0 Å². The van der Waals surface area contributed by atoms with Gasteiger partial charge in [0, 0.05) is 17.4 Å². The van der Waals surface area contributed by atoms with Gasteiger partial charge >= 0.3 is 0 Å². The predicted octanol–water partition coefficient (Wildman–Crippen LogP) is 3.16. The van der Waals surface area contributed by atoms with E-state index in [-0.39, 0.29) is 18.4 Å². The summed E-state index contributed by atoms with van der Waals surface area (Å²) >= 11 is 0. The van der Waals surface area contributed by atoms with E-state index in [2.05, 4.69) is 10.5 Å². The number of para-hydroxylation sites is 1. The summed E-state index contributed by atoms with van der Waals surface area (Å²) in [5.74, 6) is 0.946. The van der Waals surface area contributed by atoms with Crippen LogP contribution in [-0.2, 0) is 17.6 Å². The minimum Gasteiger partial charge on any atom is -0.469 e. The second-order valence-electron chi connectivity index (χ2n) is 5.61. The van der Waals surface area contributed by atoms with Crippen molar-refractivity contribution >= 4 is 16.9 Å². The molecule has 2 aromatic heterocycles. The largest absolute Gasteiger partial charge is 0.469 e. The number of aromatic nitrogens is 1. The topological polar surface area (TPSA) is 68.3 Å². The van der Waals surface area contributed by atoms with Crippen molar-refractivity contribution in [3.05, 3.63) is 53.6 Å². The summed E-state index contributed by atoms with van der Waals surface area (Å²) in [6.07, 6.45) is 4.83. The number of nitrogens with one attached hydrogen (secondary N) is 1. The van der Waals surface area contributed by atoms with Gasteiger partial charge in [-0.2, -0.15) is 0 Å². The summed E-state index contributed by atoms with van der Waals surface area (Å²) in [5, 5.41) is 7.99. The number of aryl methyl sites for hydroxylation is 1. The van der Waals surface area contributed by atoms with Crippen molar-refractivity contribution in [3.8, 4) is 0 Å². The summed E-state index contributed by atoms with van der Waals surface area (Å²) in [5.41, 5.74) is 2.49. The van der Waals surface area contributed by atoms with E-state index in [9.17, 15) is 4.79 Å². The van der Waals surface area contributed by atoms with E-state index in [4.69, 9.17) is 8.94 Å². The van der Waals surface area contributed by atoms with E-state index in [1.165, 1.54) is 0 Å². The van der Waals surface area contributed by atoms with E-state index >= 15 is 0 Å². The minimum absolute atomic E-state index is 0.0353. The highest BCUT2D eigenvalue weighted by Crippen LogP contribution is 2.30. The molecule has 22 heavy (non-hydrogen) atoms. The zero-order valence-corrected chi connectivity index (χ0v) is 12.0. The van der Waals surface area contributed by atoms with E-state index < -0.39 is 0 Å². The van der Waals surface area contributed by atoms with Crippen LogP contribution in [0, 0.1) is 0 Å². The molecule has 1 aliphatic rings. The summed E-state index contributed by atoms with van der Waals surface area (Å²) in [6, 6.07) is 9.56. The van der Waals surface area contributed by atoms with Crippen LogP contribution < -0.4 is 5.32 Å². The van der Waals surface area contributed by atoms with Crippen LogP contribution in [0.2, 0.25) is 0 Å². The fraction of sp³-hybridized carbons (Fsp3) is 0.294. The maximum Gasteiger partial charge on any atom is 0.226 e. The third-order valence-electron chi connectivity index (χ3n) is 4.17. The van der Waals surface area contributed by atoms with Crippen molar-refractivity contribution in [2.24, 2.45) is 0 Å². The van der Waals surface area contributed by atoms with Gasteiger partial charge < -0.3 is 14.3 Å². The van der Waals surface area contributed by atoms with Crippen LogP contribution in [0.5, 0.6) is 0 Å². The maximum absolute atomic E-state index is 12.3. The Morgan fingerprint density at radius 1 is 1.32 bits per heavy atom. The quantitative estimate of drug-likeness (QED) is 0.806. The van der Waals surface area contributed by atoms with Crippen LogP contribution in [0.1, 0.15) is 35.9 Å². The first-order chi connectivity index (χ1) is 10.8. The van der Waals surface area contributed by atoms with Crippen molar-refractivity contribution in [2.75, 3.05) is 0 Å². The molecular weight excluding hydrogens is 280 g/mol. The van der Waals surface area contributed by atoms with Gasteiger partial charge in [-0.05, 0) is 31.0 Å². The van der Waals surface area contributed by atoms with Crippen LogP contribution in [0.3, 0.4) is 0 Å². The maximum atomic E-state index is 12.3. The fourth-order valence-corrected chi connectivity index (χ4v) is 3.10. The molecule has 0 radical (unpaired) electrons. The van der Waals surface area contributed by atoms with Gasteiger partial charge in [-0.15, -0.1) is 0 Å². The molecule has 4 rings (SSSR count). The highest BCUT2D eigenvalue weighted by Gasteiger charge is 2.24. The first-order valence-corrected chi connectivity index (χ1v) is 7.50. The molecule has 1 N–H and O–H groups in total. The number of rotatable bonds is 3. The number of benzene rings is 1. The second kappa shape index (κ2) is 5.33. The second-order valence-corrected chi connectivity index (χ2v) is 5.61. The van der Waals surface area contributed by atoms with Gasteiger partial charge in [0.05, 0.1) is 18.7 Å². The minimum atomic E-state index is -0.0434. The number of hydrogen-bond acceptors (Lipinski definition) is 4. The number of hydrogen-bond donors (Lipinski definition) is 1. The van der Waals surface area contributed by atoms with Crippen LogP contribution >= 0.6 is 0 Å². The number of furan rings is 1. The Labute approximate surface area is 127 Å². The van der Waals surface area contributed by atoms with Crippen LogP contribution in [-0.4, -0.2) is 11.1 Å². The van der Waals surface area contributed by atoms with Gasteiger partial charge in [0.1, 0.15) is 11.5 Å². The normalized spacial score (nSPS) is 17.4. The third-order valence-corrected chi connectivity index (χ3v) is 4.17. The monoisotopic (exact) mass is 296 g/mol. The van der Waals surface area contributed by atoms with Crippen molar-refractivity contribution in [1.82, 2.24) is 10.5 Å². The Morgan fingerprint density at radius 2 is 2.23 bits per heavy atom. The van der Waals surface area contributed by atoms with Gasteiger partial charge in [-0.25, -0.2) is 0 Å². The van der Waals surface area contributed by atoms with Crippen LogP contribution in [0.15, 0.2) is 45.5 Å². The van der Waals surface area contributed by atoms with E-state index in [1.807, 2.05) is 30.3 Å². The lowest BCUT2D eigenvalue weighted by molar-refractivity contribution is -0.121. The first kappa shape index (κ1) is 13.1. The highest BCUT2D eigenvalue weighted by molar-refractivity contribution is 5.86. The molecule has 0 aliphatic heterocycles. The number of carbonyl (C=O) groups is 1. The smallest absolute Gasteiger partial charge is 0.226 e. The Balaban J connectivity index is 1.50. The number of carbonyl (C=O) groups excluding carboxylic acids is 1. The standard InChI is InChI=1S/C17H16N2O3/c20-17(10-14-11-4-1-2-6-16(11)22-19-14)18-13-5-3-7-15-12(13)8-9-21-15/h1-2,4,6,8-9,13H,3,5,7,10H2,(H,18,20)/t13-/m0/s1. The Hall–Kier alpha value is -2.56. The molecule has 0 saturated heterocycles. The molecule has 1 aliphatic carbocycles. The van der Waals surface area contributed by atoms with E-state index in [0.29, 0.717) is 11.3 Å². The number of fused-ring (bicyclic) bond motifs is 2. The van der Waals surface area contributed by atoms with Crippen LogP contribution in [0.25, 0.3) is 11.0 Å². The molecule has 0 spiro atoms. The Morgan fingerprint density at radius 3 is 3.18 bits per heavy atom. The van der Waals surface area contributed by atoms with Gasteiger partial charge in [-0.3, -0.25) is 4.79 Å². The SMILES string of the molecule is O=C(Cc1noc2ccccc12)N[C@H]1CCCc2occc21. The van der Waals surface area contributed by atoms with Crippen molar-refractivity contribution in [2.45, 2.75) is 31.7 Å². The lowest BCUT2D eigenvalue weighted by Gasteiger charge is -2.22. The molecule has 1 atom stereocenters. The molecule has 2 heterocycles. The van der Waals surface area contributed by atoms with E-state index in [1.54, 1.807) is 6.26 Å². The summed E-state index contributed by atoms with van der Waals surface area (Å²) in [4.78, 5) is 12.3. The molecular formula is C17H16N2O3. The molecule has 5 heteroatoms. The molecule has 3 aromatic rings. The first-order valence-electron chi connectivity index (χ1n) is 7.50. The fourth-order valence-electron chi connectivity index (χ4n) is 3.10. The molecule has 1 aromatic carbocycles. The van der Waals surface area contributed by atoms with E-state index in [0.717, 1.165) is 36.0 Å². The predicted molar refractivity (Wildman–Crippen MR) is 80.2 cm³/mol. The average Bonchev–Trinajstić information content (AvgIpc) is 3.15. The zero-order valence-electron chi connectivity index (χ0n) is 12.0. The lowest BCUT2D eigenvalue weighted by Crippen LogP contribution is -2.31. The van der Waals surface area contributed by atoms with Gasteiger partial charge in [0.15, 0.2) is 5.58 Å². The van der Waals surface area contributed by atoms with Crippen molar-refractivity contribution < 1.29 is 13.7 Å². The van der Waals surface area contributed by atoms with Gasteiger partial charge in [0.2, 0.25) is 5.91 Å². The highest BCUT2D eigenvalue weighted by atomic mass is 16.5. The number of nitrogens with zero attached hydrogens (tertiary/aromatic N) is 1. The molecule has 0 bridgehead atoms.